The number of carboxylic acid groups (broad SMARTS) is 1. The number of nitrogens with zero attached hydrogens (tertiary/aromatic N) is 4. The van der Waals surface area contributed by atoms with Crippen LogP contribution in [0.15, 0.2) is 47.3 Å². The van der Waals surface area contributed by atoms with Crippen LogP contribution in [0.5, 0.6) is 0 Å². The minimum absolute atomic E-state index is 0.0226. The Balaban J connectivity index is 1.61. The molecule has 1 atom stereocenters. The zero-order valence-corrected chi connectivity index (χ0v) is 20.6. The molecule has 0 saturated carbocycles. The molecular weight excluding hydrogens is 485 g/mol. The van der Waals surface area contributed by atoms with Crippen LogP contribution in [0.25, 0.3) is 10.9 Å². The Morgan fingerprint density at radius 1 is 1.17 bits per heavy atom. The Hall–Kier alpha value is -3.98. The first-order valence-electron chi connectivity index (χ1n) is 11.3. The van der Waals surface area contributed by atoms with Gasteiger partial charge in [-0.2, -0.15) is 0 Å². The van der Waals surface area contributed by atoms with Gasteiger partial charge in [0.1, 0.15) is 0 Å². The van der Waals surface area contributed by atoms with Crippen molar-refractivity contribution in [1.29, 1.82) is 0 Å². The summed E-state index contributed by atoms with van der Waals surface area (Å²) in [6, 6.07) is 12.3. The van der Waals surface area contributed by atoms with Crippen molar-refractivity contribution in [2.24, 2.45) is 7.05 Å². The Kier molecular flexibility index (Phi) is 5.88. The molecule has 0 spiro atoms. The maximum atomic E-state index is 14.1. The number of pyridine rings is 1. The maximum absolute atomic E-state index is 14.1. The third kappa shape index (κ3) is 4.05. The van der Waals surface area contributed by atoms with Crippen LogP contribution in [0.4, 0.5) is 16.0 Å². The molecule has 0 fully saturated rings. The van der Waals surface area contributed by atoms with Gasteiger partial charge in [0.15, 0.2) is 16.7 Å². The fourth-order valence-electron chi connectivity index (χ4n) is 4.68. The summed E-state index contributed by atoms with van der Waals surface area (Å²) in [6.45, 7) is 4.92. The third-order valence-corrected chi connectivity index (χ3v) is 6.69. The smallest absolute Gasteiger partial charge is 0.356 e. The van der Waals surface area contributed by atoms with Crippen LogP contribution in [0.2, 0.25) is 5.15 Å². The van der Waals surface area contributed by atoms with Crippen LogP contribution in [-0.4, -0.2) is 25.6 Å². The van der Waals surface area contributed by atoms with E-state index in [2.05, 4.69) is 22.4 Å². The molecule has 0 aliphatic carbocycles. The van der Waals surface area contributed by atoms with Crippen molar-refractivity contribution < 1.29 is 14.3 Å². The van der Waals surface area contributed by atoms with Gasteiger partial charge in [-0.25, -0.2) is 19.2 Å². The number of halogens is 2. The number of fused-ring (bicyclic) bond motifs is 2. The second-order valence-corrected chi connectivity index (χ2v) is 9.34. The standard InChI is InChI=1S/C26H23ClFN5O3/c1-13-8-17(14(2)29-20-10-19(28)23(27)30-22(20)25(35)36)21-18(9-13)24(34)32(3)26(31-21)33-11-15-6-4-5-7-16(15)12-33/h4-10,14,29H,11-12H2,1-3H3,(H,35,36)/t14-/m1/s1. The van der Waals surface area contributed by atoms with Crippen LogP contribution in [0, 0.1) is 12.7 Å². The molecular formula is C26H23ClFN5O3. The monoisotopic (exact) mass is 507 g/mol. The maximum Gasteiger partial charge on any atom is 0.356 e. The van der Waals surface area contributed by atoms with E-state index in [0.29, 0.717) is 35.5 Å². The summed E-state index contributed by atoms with van der Waals surface area (Å²) in [5.41, 5.74) is 3.77. The van der Waals surface area contributed by atoms with Gasteiger partial charge in [-0.3, -0.25) is 9.36 Å². The number of carboxylic acids is 1. The molecule has 0 unspecified atom stereocenters. The Bertz CT molecular complexity index is 1580. The second kappa shape index (κ2) is 8.91. The lowest BCUT2D eigenvalue weighted by Gasteiger charge is -2.23. The molecule has 2 N–H and O–H groups in total. The van der Waals surface area contributed by atoms with Gasteiger partial charge in [0, 0.05) is 31.8 Å². The molecule has 184 valence electrons. The van der Waals surface area contributed by atoms with Crippen molar-refractivity contribution in [2.45, 2.75) is 33.0 Å². The van der Waals surface area contributed by atoms with Crippen molar-refractivity contribution >= 4 is 40.1 Å². The molecule has 4 aromatic rings. The summed E-state index contributed by atoms with van der Waals surface area (Å²) in [5.74, 6) is -1.65. The van der Waals surface area contributed by atoms with E-state index >= 15 is 0 Å². The molecule has 1 aliphatic rings. The number of hydrogen-bond acceptors (Lipinski definition) is 6. The first kappa shape index (κ1) is 23.7. The van der Waals surface area contributed by atoms with Crippen molar-refractivity contribution in [3.05, 3.63) is 91.7 Å². The van der Waals surface area contributed by atoms with E-state index in [-0.39, 0.29) is 11.2 Å². The van der Waals surface area contributed by atoms with Crippen molar-refractivity contribution in [2.75, 3.05) is 10.2 Å². The summed E-state index contributed by atoms with van der Waals surface area (Å²) in [4.78, 5) is 35.7. The van der Waals surface area contributed by atoms with E-state index in [1.807, 2.05) is 30.0 Å². The fraction of sp³-hybridized carbons (Fsp3) is 0.231. The number of aromatic carboxylic acids is 1. The normalized spacial score (nSPS) is 13.6. The van der Waals surface area contributed by atoms with Gasteiger partial charge < -0.3 is 15.3 Å². The highest BCUT2D eigenvalue weighted by Crippen LogP contribution is 2.31. The van der Waals surface area contributed by atoms with E-state index in [4.69, 9.17) is 16.6 Å². The van der Waals surface area contributed by atoms with Crippen LogP contribution >= 0.6 is 11.6 Å². The van der Waals surface area contributed by atoms with E-state index in [0.717, 1.165) is 11.6 Å². The number of benzene rings is 2. The van der Waals surface area contributed by atoms with Crippen molar-refractivity contribution in [1.82, 2.24) is 14.5 Å². The van der Waals surface area contributed by atoms with Crippen LogP contribution < -0.4 is 15.8 Å². The minimum Gasteiger partial charge on any atom is -0.476 e. The number of hydrogen-bond donors (Lipinski definition) is 2. The van der Waals surface area contributed by atoms with Gasteiger partial charge in [-0.05, 0) is 36.6 Å². The quantitative estimate of drug-likeness (QED) is 0.373. The second-order valence-electron chi connectivity index (χ2n) is 8.98. The number of rotatable bonds is 5. The lowest BCUT2D eigenvalue weighted by atomic mass is 10.0. The molecule has 2 aromatic carbocycles. The SMILES string of the molecule is Cc1cc([C@@H](C)Nc2cc(F)c(Cl)nc2C(=O)O)c2nc(N3Cc4ccccc4C3)n(C)c(=O)c2c1. The van der Waals surface area contributed by atoms with Gasteiger partial charge in [-0.1, -0.05) is 41.9 Å². The lowest BCUT2D eigenvalue weighted by molar-refractivity contribution is 0.0691. The topological polar surface area (TPSA) is 100 Å². The molecule has 1 aliphatic heterocycles. The lowest BCUT2D eigenvalue weighted by Crippen LogP contribution is -2.28. The molecule has 0 bridgehead atoms. The first-order valence-corrected chi connectivity index (χ1v) is 11.7. The highest BCUT2D eigenvalue weighted by Gasteiger charge is 2.25. The predicted octanol–water partition coefficient (Wildman–Crippen LogP) is 4.82. The molecule has 10 heteroatoms. The van der Waals surface area contributed by atoms with Crippen molar-refractivity contribution in [3.63, 3.8) is 0 Å². The number of aromatic nitrogens is 3. The third-order valence-electron chi connectivity index (χ3n) is 6.43. The predicted molar refractivity (Wildman–Crippen MR) is 136 cm³/mol. The zero-order valence-electron chi connectivity index (χ0n) is 19.8. The van der Waals surface area contributed by atoms with Crippen molar-refractivity contribution in [3.8, 4) is 0 Å². The van der Waals surface area contributed by atoms with Crippen LogP contribution in [0.1, 0.15) is 45.7 Å². The summed E-state index contributed by atoms with van der Waals surface area (Å²) >= 11 is 5.70. The summed E-state index contributed by atoms with van der Waals surface area (Å²) in [7, 11) is 1.71. The fourth-order valence-corrected chi connectivity index (χ4v) is 4.82. The average molecular weight is 508 g/mol. The summed E-state index contributed by atoms with van der Waals surface area (Å²) in [5, 5.41) is 12.5. The van der Waals surface area contributed by atoms with E-state index < -0.39 is 28.7 Å². The average Bonchev–Trinajstić information content (AvgIpc) is 3.27. The van der Waals surface area contributed by atoms with Gasteiger partial charge >= 0.3 is 5.97 Å². The highest BCUT2D eigenvalue weighted by atomic mass is 35.5. The Morgan fingerprint density at radius 2 is 1.83 bits per heavy atom. The van der Waals surface area contributed by atoms with Gasteiger partial charge in [0.05, 0.1) is 22.6 Å². The zero-order chi connectivity index (χ0) is 25.7. The number of nitrogens with one attached hydrogen (secondary N) is 1. The van der Waals surface area contributed by atoms with Crippen LogP contribution in [-0.2, 0) is 20.1 Å². The largest absolute Gasteiger partial charge is 0.476 e. The van der Waals surface area contributed by atoms with Gasteiger partial charge in [0.2, 0.25) is 5.95 Å². The van der Waals surface area contributed by atoms with E-state index in [1.165, 1.54) is 11.1 Å². The highest BCUT2D eigenvalue weighted by molar-refractivity contribution is 6.29. The van der Waals surface area contributed by atoms with E-state index in [9.17, 15) is 19.1 Å². The molecule has 2 aromatic heterocycles. The van der Waals surface area contributed by atoms with Gasteiger partial charge in [-0.15, -0.1) is 0 Å². The molecule has 8 nitrogen and oxygen atoms in total. The molecule has 0 radical (unpaired) electrons. The Morgan fingerprint density at radius 3 is 2.47 bits per heavy atom. The number of carbonyl (C=O) groups is 1. The first-order chi connectivity index (χ1) is 17.1. The number of anilines is 2. The number of aryl methyl sites for hydroxylation is 1. The summed E-state index contributed by atoms with van der Waals surface area (Å²) < 4.78 is 15.7. The molecule has 0 amide bonds. The molecule has 5 rings (SSSR count). The van der Waals surface area contributed by atoms with Gasteiger partial charge in [0.25, 0.3) is 5.56 Å². The molecule has 36 heavy (non-hydrogen) atoms. The summed E-state index contributed by atoms with van der Waals surface area (Å²) in [6.07, 6.45) is 0. The minimum atomic E-state index is -1.34. The Labute approximate surface area is 211 Å². The molecule has 3 heterocycles. The van der Waals surface area contributed by atoms with E-state index in [1.54, 1.807) is 24.6 Å². The molecule has 0 saturated heterocycles. The van der Waals surface area contributed by atoms with Crippen LogP contribution in [0.3, 0.4) is 0 Å².